The molecule has 0 aliphatic carbocycles. The van der Waals surface area contributed by atoms with Crippen LogP contribution in [0, 0.1) is 0 Å². The molecule has 0 aromatic carbocycles. The molecule has 0 N–H and O–H groups in total. The van der Waals surface area contributed by atoms with Gasteiger partial charge in [-0.05, 0) is 19.8 Å². The predicted molar refractivity (Wildman–Crippen MR) is 54.8 cm³/mol. The summed E-state index contributed by atoms with van der Waals surface area (Å²) in [5.74, 6) is 0.212. The fourth-order valence-corrected chi connectivity index (χ4v) is 1.21. The highest BCUT2D eigenvalue weighted by Crippen LogP contribution is 2.07. The Kier molecular flexibility index (Phi) is 7.60. The molecule has 1 unspecified atom stereocenters. The lowest BCUT2D eigenvalue weighted by molar-refractivity contribution is -0.130. The molecule has 76 valence electrons. The minimum Gasteiger partial charge on any atom is -0.371 e. The van der Waals surface area contributed by atoms with Crippen LogP contribution in [0.1, 0.15) is 39.5 Å². The van der Waals surface area contributed by atoms with E-state index in [4.69, 9.17) is 4.74 Å². The van der Waals surface area contributed by atoms with Gasteiger partial charge in [0.05, 0.1) is 0 Å². The van der Waals surface area contributed by atoms with Crippen LogP contribution in [0.25, 0.3) is 0 Å². The van der Waals surface area contributed by atoms with Crippen LogP contribution in [0.2, 0.25) is 0 Å². The van der Waals surface area contributed by atoms with E-state index in [-0.39, 0.29) is 11.9 Å². The van der Waals surface area contributed by atoms with Crippen molar-refractivity contribution < 1.29 is 9.53 Å². The van der Waals surface area contributed by atoms with Gasteiger partial charge in [-0.25, -0.2) is 0 Å². The van der Waals surface area contributed by atoms with E-state index >= 15 is 0 Å². The minimum atomic E-state index is -0.185. The third-order valence-corrected chi connectivity index (χ3v) is 1.87. The summed E-state index contributed by atoms with van der Waals surface area (Å²) in [5, 5.41) is 0. The lowest BCUT2D eigenvalue weighted by Gasteiger charge is -2.14. The number of carbonyl (C=O) groups is 1. The van der Waals surface area contributed by atoms with Crippen molar-refractivity contribution in [2.75, 3.05) is 6.61 Å². The lowest BCUT2D eigenvalue weighted by atomic mass is 10.1. The number of ketones is 1. The third-order valence-electron chi connectivity index (χ3n) is 1.87. The highest BCUT2D eigenvalue weighted by atomic mass is 16.5. The smallest absolute Gasteiger partial charge is 0.161 e. The number of hydrogen-bond acceptors (Lipinski definition) is 2. The van der Waals surface area contributed by atoms with Crippen molar-refractivity contribution in [3.63, 3.8) is 0 Å². The molecule has 0 aromatic heterocycles. The van der Waals surface area contributed by atoms with E-state index in [0.717, 1.165) is 19.3 Å². The number of Topliss-reactive ketones (excluding diaryl/α,β-unsaturated/α-hetero) is 1. The van der Waals surface area contributed by atoms with Gasteiger partial charge in [0, 0.05) is 13.0 Å². The number of carbonyl (C=O) groups excluding carboxylic acids is 1. The molecule has 0 amide bonds. The van der Waals surface area contributed by atoms with Gasteiger partial charge < -0.3 is 4.74 Å². The molecule has 0 saturated carbocycles. The van der Waals surface area contributed by atoms with Crippen molar-refractivity contribution in [1.29, 1.82) is 0 Å². The van der Waals surface area contributed by atoms with Gasteiger partial charge in [-0.1, -0.05) is 19.4 Å². The zero-order valence-corrected chi connectivity index (χ0v) is 8.71. The minimum absolute atomic E-state index is 0.185. The molecule has 1 atom stereocenters. The zero-order valence-electron chi connectivity index (χ0n) is 8.71. The normalized spacial score (nSPS) is 12.5. The summed E-state index contributed by atoms with van der Waals surface area (Å²) in [5.41, 5.74) is 0. The van der Waals surface area contributed by atoms with E-state index in [2.05, 4.69) is 13.5 Å². The van der Waals surface area contributed by atoms with Crippen molar-refractivity contribution in [3.8, 4) is 0 Å². The highest BCUT2D eigenvalue weighted by Gasteiger charge is 2.15. The number of rotatable bonds is 8. The largest absolute Gasteiger partial charge is 0.371 e. The maximum absolute atomic E-state index is 11.5. The number of allylic oxidation sites excluding steroid dienone is 1. The van der Waals surface area contributed by atoms with Crippen LogP contribution in [0.3, 0.4) is 0 Å². The lowest BCUT2D eigenvalue weighted by Crippen LogP contribution is -2.23. The average Bonchev–Trinajstić information content (AvgIpc) is 2.14. The van der Waals surface area contributed by atoms with Gasteiger partial charge in [0.15, 0.2) is 5.78 Å². The third kappa shape index (κ3) is 5.58. The van der Waals surface area contributed by atoms with Gasteiger partial charge >= 0.3 is 0 Å². The van der Waals surface area contributed by atoms with Crippen LogP contribution < -0.4 is 0 Å². The summed E-state index contributed by atoms with van der Waals surface area (Å²) in [7, 11) is 0. The van der Waals surface area contributed by atoms with Crippen LogP contribution in [-0.2, 0) is 9.53 Å². The molecule has 0 heterocycles. The van der Waals surface area contributed by atoms with E-state index in [9.17, 15) is 4.79 Å². The predicted octanol–water partition coefficient (Wildman–Crippen LogP) is 2.73. The summed E-state index contributed by atoms with van der Waals surface area (Å²) < 4.78 is 5.36. The maximum atomic E-state index is 11.5. The molecule has 0 aromatic rings. The van der Waals surface area contributed by atoms with Crippen LogP contribution in [-0.4, -0.2) is 18.5 Å². The van der Waals surface area contributed by atoms with Crippen molar-refractivity contribution >= 4 is 5.78 Å². The first kappa shape index (κ1) is 12.4. The Labute approximate surface area is 81.0 Å². The molecular formula is C11H20O2. The Hall–Kier alpha value is -0.630. The maximum Gasteiger partial charge on any atom is 0.161 e. The van der Waals surface area contributed by atoms with Gasteiger partial charge in [-0.2, -0.15) is 0 Å². The Morgan fingerprint density at radius 3 is 2.69 bits per heavy atom. The topological polar surface area (TPSA) is 26.3 Å². The van der Waals surface area contributed by atoms with Gasteiger partial charge in [-0.3, -0.25) is 4.79 Å². The van der Waals surface area contributed by atoms with Crippen LogP contribution in [0.15, 0.2) is 12.7 Å². The molecule has 2 heteroatoms. The standard InChI is InChI=1S/C11H20O2/c1-4-7-9-10(12)11(8-5-2)13-6-3/h4,11H,1,5-9H2,2-3H3. The highest BCUT2D eigenvalue weighted by molar-refractivity contribution is 5.83. The van der Waals surface area contributed by atoms with Crippen molar-refractivity contribution in [1.82, 2.24) is 0 Å². The molecule has 0 rings (SSSR count). The second-order valence-electron chi connectivity index (χ2n) is 3.03. The van der Waals surface area contributed by atoms with E-state index in [1.54, 1.807) is 6.08 Å². The van der Waals surface area contributed by atoms with Gasteiger partial charge in [-0.15, -0.1) is 6.58 Å². The zero-order chi connectivity index (χ0) is 10.1. The van der Waals surface area contributed by atoms with E-state index in [0.29, 0.717) is 13.0 Å². The fraction of sp³-hybridized carbons (Fsp3) is 0.727. The van der Waals surface area contributed by atoms with E-state index < -0.39 is 0 Å². The van der Waals surface area contributed by atoms with Crippen LogP contribution in [0.4, 0.5) is 0 Å². The Morgan fingerprint density at radius 1 is 1.54 bits per heavy atom. The molecule has 2 nitrogen and oxygen atoms in total. The van der Waals surface area contributed by atoms with Crippen molar-refractivity contribution in [2.24, 2.45) is 0 Å². The molecule has 0 aliphatic heterocycles. The van der Waals surface area contributed by atoms with Gasteiger partial charge in [0.25, 0.3) is 0 Å². The first-order valence-corrected chi connectivity index (χ1v) is 5.01. The van der Waals surface area contributed by atoms with Crippen molar-refractivity contribution in [3.05, 3.63) is 12.7 Å². The molecular weight excluding hydrogens is 164 g/mol. The molecule has 0 spiro atoms. The van der Waals surface area contributed by atoms with E-state index in [1.807, 2.05) is 6.92 Å². The average molecular weight is 184 g/mol. The van der Waals surface area contributed by atoms with E-state index in [1.165, 1.54) is 0 Å². The quantitative estimate of drug-likeness (QED) is 0.542. The molecule has 13 heavy (non-hydrogen) atoms. The fourth-order valence-electron chi connectivity index (χ4n) is 1.21. The molecule has 0 saturated heterocycles. The summed E-state index contributed by atoms with van der Waals surface area (Å²) in [4.78, 5) is 11.5. The van der Waals surface area contributed by atoms with Gasteiger partial charge in [0.1, 0.15) is 6.10 Å². The first-order valence-electron chi connectivity index (χ1n) is 5.01. The summed E-state index contributed by atoms with van der Waals surface area (Å²) in [6.45, 7) is 8.19. The molecule has 0 aliphatic rings. The van der Waals surface area contributed by atoms with Gasteiger partial charge in [0.2, 0.25) is 0 Å². The second-order valence-corrected chi connectivity index (χ2v) is 3.03. The summed E-state index contributed by atoms with van der Waals surface area (Å²) in [6.07, 6.45) is 4.73. The van der Waals surface area contributed by atoms with Crippen LogP contribution in [0.5, 0.6) is 0 Å². The second kappa shape index (κ2) is 7.99. The van der Waals surface area contributed by atoms with Crippen molar-refractivity contribution in [2.45, 2.75) is 45.6 Å². The molecule has 0 radical (unpaired) electrons. The number of ether oxygens (including phenoxy) is 1. The summed E-state index contributed by atoms with van der Waals surface area (Å²) in [6, 6.07) is 0. The SMILES string of the molecule is C=CCCC(=O)C(CCC)OCC. The number of hydrogen-bond donors (Lipinski definition) is 0. The molecule has 0 fully saturated rings. The molecule has 0 bridgehead atoms. The Morgan fingerprint density at radius 2 is 2.23 bits per heavy atom. The summed E-state index contributed by atoms with van der Waals surface area (Å²) >= 11 is 0. The first-order chi connectivity index (χ1) is 6.26. The Bertz CT molecular complexity index is 146. The monoisotopic (exact) mass is 184 g/mol. The Balaban J connectivity index is 3.86. The van der Waals surface area contributed by atoms with Crippen LogP contribution >= 0.6 is 0 Å².